The van der Waals surface area contributed by atoms with E-state index in [0.29, 0.717) is 5.91 Å². The first-order chi connectivity index (χ1) is 13.2. The minimum Gasteiger partial charge on any atom is -0.355 e. The Kier molecular flexibility index (Phi) is 4.29. The monoisotopic (exact) mass is 367 g/mol. The minimum absolute atomic E-state index is 0.188. The largest absolute Gasteiger partial charge is 0.355 e. The van der Waals surface area contributed by atoms with Gasteiger partial charge in [-0.1, -0.05) is 12.8 Å². The summed E-state index contributed by atoms with van der Waals surface area (Å²) >= 11 is 0. The van der Waals surface area contributed by atoms with E-state index >= 15 is 0 Å². The summed E-state index contributed by atoms with van der Waals surface area (Å²) in [6.45, 7) is 5.83. The number of anilines is 1. The molecule has 4 heterocycles. The predicted octanol–water partition coefficient (Wildman–Crippen LogP) is 2.90. The first kappa shape index (κ1) is 17.0. The van der Waals surface area contributed by atoms with Crippen LogP contribution >= 0.6 is 0 Å². The normalized spacial score (nSPS) is 26.6. The summed E-state index contributed by atoms with van der Waals surface area (Å²) in [5, 5.41) is 4.49. The zero-order valence-electron chi connectivity index (χ0n) is 16.2. The molecular weight excluding hydrogens is 338 g/mol. The van der Waals surface area contributed by atoms with Gasteiger partial charge in [0.05, 0.1) is 5.69 Å². The molecule has 0 aromatic carbocycles. The van der Waals surface area contributed by atoms with Gasteiger partial charge in [0.2, 0.25) is 5.91 Å². The van der Waals surface area contributed by atoms with Gasteiger partial charge in [-0.3, -0.25) is 4.79 Å². The Balaban J connectivity index is 1.24. The molecule has 0 bridgehead atoms. The number of piperidine rings is 1. The molecule has 0 spiro atoms. The Morgan fingerprint density at radius 2 is 1.78 bits per heavy atom. The molecule has 5 rings (SSSR count). The number of rotatable bonds is 2. The lowest BCUT2D eigenvalue weighted by molar-refractivity contribution is -0.135. The predicted molar refractivity (Wildman–Crippen MR) is 105 cm³/mol. The zero-order valence-corrected chi connectivity index (χ0v) is 16.2. The Bertz CT molecular complexity index is 824. The number of hydrogen-bond donors (Lipinski definition) is 0. The van der Waals surface area contributed by atoms with Gasteiger partial charge in [-0.15, -0.1) is 0 Å². The van der Waals surface area contributed by atoms with Gasteiger partial charge < -0.3 is 9.80 Å². The van der Waals surface area contributed by atoms with Crippen molar-refractivity contribution in [3.8, 4) is 0 Å². The number of fused-ring (bicyclic) bond motifs is 2. The van der Waals surface area contributed by atoms with Crippen LogP contribution in [-0.2, 0) is 4.79 Å². The van der Waals surface area contributed by atoms with Gasteiger partial charge in [-0.25, -0.2) is 9.50 Å². The van der Waals surface area contributed by atoms with Crippen molar-refractivity contribution in [3.05, 3.63) is 24.2 Å². The molecule has 1 aliphatic carbocycles. The van der Waals surface area contributed by atoms with Gasteiger partial charge in [-0.05, 0) is 50.5 Å². The van der Waals surface area contributed by atoms with Crippen LogP contribution in [0.1, 0.15) is 44.2 Å². The van der Waals surface area contributed by atoms with Crippen LogP contribution in [0.4, 0.5) is 5.82 Å². The van der Waals surface area contributed by atoms with Gasteiger partial charge in [0, 0.05) is 44.5 Å². The lowest BCUT2D eigenvalue weighted by Crippen LogP contribution is -2.42. The molecule has 3 aliphatic rings. The molecule has 1 saturated carbocycles. The molecule has 1 amide bonds. The molecule has 0 radical (unpaired) electrons. The van der Waals surface area contributed by atoms with Crippen molar-refractivity contribution in [1.29, 1.82) is 0 Å². The van der Waals surface area contributed by atoms with Crippen molar-refractivity contribution in [3.63, 3.8) is 0 Å². The number of amides is 1. The lowest BCUT2D eigenvalue weighted by Gasteiger charge is -2.34. The number of likely N-dealkylation sites (tertiary alicyclic amines) is 1. The van der Waals surface area contributed by atoms with Crippen molar-refractivity contribution >= 4 is 17.2 Å². The number of aromatic nitrogens is 3. The zero-order chi connectivity index (χ0) is 18.4. The van der Waals surface area contributed by atoms with E-state index in [4.69, 9.17) is 0 Å². The van der Waals surface area contributed by atoms with E-state index < -0.39 is 0 Å². The second-order valence-electron chi connectivity index (χ2n) is 8.68. The second-order valence-corrected chi connectivity index (χ2v) is 8.68. The van der Waals surface area contributed by atoms with Crippen LogP contribution in [0.2, 0.25) is 0 Å². The van der Waals surface area contributed by atoms with E-state index in [2.05, 4.69) is 25.9 Å². The number of carbonyl (C=O) groups excluding carboxylic acids is 1. The number of nitrogens with zero attached hydrogens (tertiary/aromatic N) is 5. The number of carbonyl (C=O) groups is 1. The topological polar surface area (TPSA) is 53.7 Å². The average molecular weight is 367 g/mol. The third kappa shape index (κ3) is 3.09. The first-order valence-electron chi connectivity index (χ1n) is 10.5. The third-order valence-electron chi connectivity index (χ3n) is 6.92. The average Bonchev–Trinajstić information content (AvgIpc) is 3.29. The van der Waals surface area contributed by atoms with Crippen LogP contribution in [0, 0.1) is 24.7 Å². The summed E-state index contributed by atoms with van der Waals surface area (Å²) in [7, 11) is 0. The SMILES string of the molecule is Cc1cc2c(N3CCC(C(=O)N4CC5CCCCC5C4)CC3)nccn2n1. The summed E-state index contributed by atoms with van der Waals surface area (Å²) < 4.78 is 1.90. The highest BCUT2D eigenvalue weighted by molar-refractivity contribution is 5.80. The molecule has 2 aliphatic heterocycles. The van der Waals surface area contributed by atoms with Crippen molar-refractivity contribution in [2.75, 3.05) is 31.1 Å². The molecule has 2 atom stereocenters. The Morgan fingerprint density at radius 3 is 2.48 bits per heavy atom. The van der Waals surface area contributed by atoms with E-state index in [0.717, 1.165) is 67.9 Å². The maximum Gasteiger partial charge on any atom is 0.225 e. The van der Waals surface area contributed by atoms with E-state index in [-0.39, 0.29) is 5.92 Å². The van der Waals surface area contributed by atoms with E-state index in [1.807, 2.05) is 23.8 Å². The highest BCUT2D eigenvalue weighted by atomic mass is 16.2. The third-order valence-corrected chi connectivity index (χ3v) is 6.92. The Morgan fingerprint density at radius 1 is 1.07 bits per heavy atom. The molecule has 27 heavy (non-hydrogen) atoms. The van der Waals surface area contributed by atoms with Gasteiger partial charge >= 0.3 is 0 Å². The standard InChI is InChI=1S/C21H29N5O/c1-15-12-19-20(22-8-11-26(19)23-15)24-9-6-16(7-10-24)21(27)25-13-17-4-2-3-5-18(17)14-25/h8,11-12,16-18H,2-7,9-10,13-14H2,1H3. The van der Waals surface area contributed by atoms with Crippen molar-refractivity contribution < 1.29 is 4.79 Å². The van der Waals surface area contributed by atoms with Crippen LogP contribution in [0.3, 0.4) is 0 Å². The van der Waals surface area contributed by atoms with Crippen LogP contribution in [-0.4, -0.2) is 51.6 Å². The van der Waals surface area contributed by atoms with Crippen molar-refractivity contribution in [2.45, 2.75) is 45.4 Å². The first-order valence-corrected chi connectivity index (χ1v) is 10.5. The second kappa shape index (κ2) is 6.80. The molecule has 2 aromatic heterocycles. The van der Waals surface area contributed by atoms with Gasteiger partial charge in [-0.2, -0.15) is 5.10 Å². The maximum atomic E-state index is 13.1. The lowest BCUT2D eigenvalue weighted by atomic mass is 9.82. The molecule has 2 aromatic rings. The van der Waals surface area contributed by atoms with Crippen LogP contribution in [0.25, 0.3) is 5.52 Å². The molecule has 144 valence electrons. The molecule has 2 unspecified atom stereocenters. The molecule has 6 nitrogen and oxygen atoms in total. The molecule has 2 saturated heterocycles. The maximum absolute atomic E-state index is 13.1. The van der Waals surface area contributed by atoms with Crippen LogP contribution < -0.4 is 4.90 Å². The van der Waals surface area contributed by atoms with Crippen molar-refractivity contribution in [1.82, 2.24) is 19.5 Å². The molecule has 0 N–H and O–H groups in total. The fourth-order valence-corrected chi connectivity index (χ4v) is 5.46. The number of hydrogen-bond acceptors (Lipinski definition) is 4. The highest BCUT2D eigenvalue weighted by Crippen LogP contribution is 2.37. The fourth-order valence-electron chi connectivity index (χ4n) is 5.46. The fraction of sp³-hybridized carbons (Fsp3) is 0.667. The summed E-state index contributed by atoms with van der Waals surface area (Å²) in [5.41, 5.74) is 2.06. The van der Waals surface area contributed by atoms with Gasteiger partial charge in [0.25, 0.3) is 0 Å². The summed E-state index contributed by atoms with van der Waals surface area (Å²) in [6.07, 6.45) is 10.9. The summed E-state index contributed by atoms with van der Waals surface area (Å²) in [6, 6.07) is 2.09. The van der Waals surface area contributed by atoms with Gasteiger partial charge in [0.1, 0.15) is 5.52 Å². The van der Waals surface area contributed by atoms with Gasteiger partial charge in [0.15, 0.2) is 5.82 Å². The highest BCUT2D eigenvalue weighted by Gasteiger charge is 2.39. The smallest absolute Gasteiger partial charge is 0.225 e. The Hall–Kier alpha value is -2.11. The summed E-state index contributed by atoms with van der Waals surface area (Å²) in [4.78, 5) is 22.2. The van der Waals surface area contributed by atoms with Crippen LogP contribution in [0.15, 0.2) is 18.5 Å². The van der Waals surface area contributed by atoms with E-state index in [9.17, 15) is 4.79 Å². The minimum atomic E-state index is 0.188. The molecular formula is C21H29N5O. The van der Waals surface area contributed by atoms with Crippen LogP contribution in [0.5, 0.6) is 0 Å². The summed E-state index contributed by atoms with van der Waals surface area (Å²) in [5.74, 6) is 3.14. The Labute approximate surface area is 160 Å². The number of aryl methyl sites for hydroxylation is 1. The molecule has 3 fully saturated rings. The molecule has 6 heteroatoms. The van der Waals surface area contributed by atoms with E-state index in [1.54, 1.807) is 0 Å². The van der Waals surface area contributed by atoms with Crippen molar-refractivity contribution in [2.24, 2.45) is 17.8 Å². The van der Waals surface area contributed by atoms with E-state index in [1.165, 1.54) is 25.7 Å². The quantitative estimate of drug-likeness (QED) is 0.819.